The molecule has 1 fully saturated rings. The first kappa shape index (κ1) is 12.5. The Morgan fingerprint density at radius 3 is 2.82 bits per heavy atom. The SMILES string of the molecule is CCNC1CCC(OCc2cccnc2)CC1. The van der Waals surface area contributed by atoms with Crippen LogP contribution in [0.2, 0.25) is 0 Å². The Balaban J connectivity index is 1.68. The standard InChI is InChI=1S/C14H22N2O/c1-2-16-13-5-7-14(8-6-13)17-11-12-4-3-9-15-10-12/h3-4,9-10,13-14,16H,2,5-8,11H2,1H3. The Kier molecular flexibility index (Phi) is 4.95. The van der Waals surface area contributed by atoms with Crippen molar-refractivity contribution in [1.82, 2.24) is 10.3 Å². The minimum Gasteiger partial charge on any atom is -0.373 e. The third-order valence-corrected chi connectivity index (χ3v) is 3.38. The van der Waals surface area contributed by atoms with E-state index in [-0.39, 0.29) is 0 Å². The number of rotatable bonds is 5. The summed E-state index contributed by atoms with van der Waals surface area (Å²) in [7, 11) is 0. The molecule has 0 atom stereocenters. The van der Waals surface area contributed by atoms with E-state index < -0.39 is 0 Å². The fourth-order valence-electron chi connectivity index (χ4n) is 2.42. The summed E-state index contributed by atoms with van der Waals surface area (Å²) >= 11 is 0. The maximum Gasteiger partial charge on any atom is 0.0735 e. The van der Waals surface area contributed by atoms with Gasteiger partial charge in [-0.25, -0.2) is 0 Å². The molecule has 1 aromatic heterocycles. The van der Waals surface area contributed by atoms with E-state index in [9.17, 15) is 0 Å². The number of hydrogen-bond acceptors (Lipinski definition) is 3. The molecule has 0 spiro atoms. The Morgan fingerprint density at radius 1 is 1.35 bits per heavy atom. The summed E-state index contributed by atoms with van der Waals surface area (Å²) in [5.74, 6) is 0. The molecule has 0 amide bonds. The molecule has 1 aliphatic rings. The van der Waals surface area contributed by atoms with Crippen molar-refractivity contribution in [3.8, 4) is 0 Å². The van der Waals surface area contributed by atoms with Crippen molar-refractivity contribution in [1.29, 1.82) is 0 Å². The average molecular weight is 234 g/mol. The van der Waals surface area contributed by atoms with Gasteiger partial charge in [-0.05, 0) is 43.9 Å². The van der Waals surface area contributed by atoms with E-state index >= 15 is 0 Å². The summed E-state index contributed by atoms with van der Waals surface area (Å²) in [5.41, 5.74) is 1.17. The first-order valence-corrected chi connectivity index (χ1v) is 6.62. The minimum atomic E-state index is 0.435. The Hall–Kier alpha value is -0.930. The van der Waals surface area contributed by atoms with Crippen LogP contribution >= 0.6 is 0 Å². The lowest BCUT2D eigenvalue weighted by Gasteiger charge is -2.29. The maximum atomic E-state index is 5.93. The van der Waals surface area contributed by atoms with E-state index in [0.717, 1.165) is 6.54 Å². The van der Waals surface area contributed by atoms with Crippen LogP contribution in [0.3, 0.4) is 0 Å². The highest BCUT2D eigenvalue weighted by Gasteiger charge is 2.20. The molecule has 1 aliphatic carbocycles. The van der Waals surface area contributed by atoms with Gasteiger partial charge in [-0.1, -0.05) is 13.0 Å². The molecule has 0 radical (unpaired) electrons. The van der Waals surface area contributed by atoms with E-state index in [0.29, 0.717) is 18.8 Å². The Labute approximate surface area is 104 Å². The van der Waals surface area contributed by atoms with Crippen LogP contribution < -0.4 is 5.32 Å². The van der Waals surface area contributed by atoms with Gasteiger partial charge in [0.05, 0.1) is 12.7 Å². The molecule has 1 heterocycles. The Morgan fingerprint density at radius 2 is 2.18 bits per heavy atom. The number of ether oxygens (including phenoxy) is 1. The third-order valence-electron chi connectivity index (χ3n) is 3.38. The predicted octanol–water partition coefficient (Wildman–Crippen LogP) is 2.52. The molecule has 17 heavy (non-hydrogen) atoms. The smallest absolute Gasteiger partial charge is 0.0735 e. The molecular formula is C14H22N2O. The van der Waals surface area contributed by atoms with E-state index in [1.165, 1.54) is 31.2 Å². The zero-order valence-electron chi connectivity index (χ0n) is 10.6. The molecule has 0 aromatic carbocycles. The summed E-state index contributed by atoms with van der Waals surface area (Å²) in [6, 6.07) is 4.73. The lowest BCUT2D eigenvalue weighted by molar-refractivity contribution is 0.0113. The second kappa shape index (κ2) is 6.72. The van der Waals surface area contributed by atoms with Crippen molar-refractivity contribution in [2.45, 2.75) is 51.4 Å². The molecule has 0 bridgehead atoms. The van der Waals surface area contributed by atoms with Crippen molar-refractivity contribution < 1.29 is 4.74 Å². The molecule has 2 rings (SSSR count). The highest BCUT2D eigenvalue weighted by molar-refractivity contribution is 5.06. The first-order valence-electron chi connectivity index (χ1n) is 6.62. The predicted molar refractivity (Wildman–Crippen MR) is 68.7 cm³/mol. The molecule has 3 heteroatoms. The number of pyridine rings is 1. The van der Waals surface area contributed by atoms with E-state index in [1.807, 2.05) is 12.3 Å². The lowest BCUT2D eigenvalue weighted by atomic mass is 9.93. The van der Waals surface area contributed by atoms with Crippen molar-refractivity contribution in [3.05, 3.63) is 30.1 Å². The summed E-state index contributed by atoms with van der Waals surface area (Å²) in [5, 5.41) is 3.51. The van der Waals surface area contributed by atoms with Gasteiger partial charge < -0.3 is 10.1 Å². The quantitative estimate of drug-likeness (QED) is 0.850. The van der Waals surface area contributed by atoms with Crippen LogP contribution in [-0.2, 0) is 11.3 Å². The van der Waals surface area contributed by atoms with Gasteiger partial charge >= 0.3 is 0 Å². The maximum absolute atomic E-state index is 5.93. The van der Waals surface area contributed by atoms with Gasteiger partial charge in [0.2, 0.25) is 0 Å². The molecule has 1 N–H and O–H groups in total. The van der Waals surface area contributed by atoms with Gasteiger partial charge in [0.1, 0.15) is 0 Å². The highest BCUT2D eigenvalue weighted by Crippen LogP contribution is 2.22. The molecule has 1 aromatic rings. The highest BCUT2D eigenvalue weighted by atomic mass is 16.5. The zero-order valence-corrected chi connectivity index (χ0v) is 10.6. The van der Waals surface area contributed by atoms with Crippen LogP contribution in [0.15, 0.2) is 24.5 Å². The molecule has 0 unspecified atom stereocenters. The fraction of sp³-hybridized carbons (Fsp3) is 0.643. The van der Waals surface area contributed by atoms with Crippen molar-refractivity contribution in [2.24, 2.45) is 0 Å². The normalized spacial score (nSPS) is 24.8. The second-order valence-corrected chi connectivity index (χ2v) is 4.70. The zero-order chi connectivity index (χ0) is 11.9. The van der Waals surface area contributed by atoms with E-state index in [4.69, 9.17) is 4.74 Å². The second-order valence-electron chi connectivity index (χ2n) is 4.70. The van der Waals surface area contributed by atoms with Crippen LogP contribution in [0.4, 0.5) is 0 Å². The third kappa shape index (κ3) is 4.10. The molecular weight excluding hydrogens is 212 g/mol. The molecule has 0 aliphatic heterocycles. The number of aromatic nitrogens is 1. The van der Waals surface area contributed by atoms with Crippen LogP contribution in [-0.4, -0.2) is 23.7 Å². The molecule has 94 valence electrons. The van der Waals surface area contributed by atoms with Crippen LogP contribution in [0, 0.1) is 0 Å². The number of nitrogens with one attached hydrogen (secondary N) is 1. The van der Waals surface area contributed by atoms with Crippen LogP contribution in [0.1, 0.15) is 38.2 Å². The lowest BCUT2D eigenvalue weighted by Crippen LogP contribution is -2.35. The fourth-order valence-corrected chi connectivity index (χ4v) is 2.42. The first-order chi connectivity index (χ1) is 8.38. The van der Waals surface area contributed by atoms with Gasteiger partial charge in [-0.3, -0.25) is 4.98 Å². The molecule has 3 nitrogen and oxygen atoms in total. The molecule has 1 saturated carbocycles. The monoisotopic (exact) mass is 234 g/mol. The van der Waals surface area contributed by atoms with Gasteiger partial charge in [0.15, 0.2) is 0 Å². The summed E-state index contributed by atoms with van der Waals surface area (Å²) < 4.78 is 5.93. The van der Waals surface area contributed by atoms with E-state index in [1.54, 1.807) is 6.20 Å². The van der Waals surface area contributed by atoms with E-state index in [2.05, 4.69) is 23.3 Å². The minimum absolute atomic E-state index is 0.435. The molecule has 0 saturated heterocycles. The Bertz CT molecular complexity index is 307. The van der Waals surface area contributed by atoms with Gasteiger partial charge in [0.25, 0.3) is 0 Å². The van der Waals surface area contributed by atoms with Gasteiger partial charge in [-0.15, -0.1) is 0 Å². The number of nitrogens with zero attached hydrogens (tertiary/aromatic N) is 1. The van der Waals surface area contributed by atoms with Gasteiger partial charge in [0, 0.05) is 18.4 Å². The van der Waals surface area contributed by atoms with Gasteiger partial charge in [-0.2, -0.15) is 0 Å². The van der Waals surface area contributed by atoms with Crippen LogP contribution in [0.5, 0.6) is 0 Å². The number of hydrogen-bond donors (Lipinski definition) is 1. The van der Waals surface area contributed by atoms with Crippen molar-refractivity contribution in [2.75, 3.05) is 6.54 Å². The van der Waals surface area contributed by atoms with Crippen molar-refractivity contribution >= 4 is 0 Å². The average Bonchev–Trinajstić information content (AvgIpc) is 2.40. The topological polar surface area (TPSA) is 34.1 Å². The largest absolute Gasteiger partial charge is 0.373 e. The summed E-state index contributed by atoms with van der Waals surface area (Å²) in [6.07, 6.45) is 8.95. The summed E-state index contributed by atoms with van der Waals surface area (Å²) in [4.78, 5) is 4.09. The summed E-state index contributed by atoms with van der Waals surface area (Å²) in [6.45, 7) is 3.95. The van der Waals surface area contributed by atoms with Crippen LogP contribution in [0.25, 0.3) is 0 Å². The van der Waals surface area contributed by atoms with Crippen molar-refractivity contribution in [3.63, 3.8) is 0 Å².